The van der Waals surface area contributed by atoms with Crippen molar-refractivity contribution in [3.8, 4) is 0 Å². The fraction of sp³-hybridized carbons (Fsp3) is 1.00. The highest BCUT2D eigenvalue weighted by Gasteiger charge is 2.14. The van der Waals surface area contributed by atoms with Crippen LogP contribution in [0, 0.1) is 5.92 Å². The molecule has 0 unspecified atom stereocenters. The Balaban J connectivity index is 0. The van der Waals surface area contributed by atoms with Gasteiger partial charge in [-0.2, -0.15) is 0 Å². The normalized spacial score (nSPS) is 17.2. The molecule has 0 atom stereocenters. The van der Waals surface area contributed by atoms with E-state index < -0.39 is 0 Å². The van der Waals surface area contributed by atoms with Gasteiger partial charge in [-0.05, 0) is 44.8 Å². The highest BCUT2D eigenvalue weighted by Crippen LogP contribution is 2.15. The molecule has 1 rings (SSSR count). The second-order valence-corrected chi connectivity index (χ2v) is 3.88. The lowest BCUT2D eigenvalue weighted by atomic mass is 9.99. The first kappa shape index (κ1) is 17.4. The van der Waals surface area contributed by atoms with Crippen LogP contribution in [0.3, 0.4) is 0 Å². The molecule has 0 saturated carbocycles. The molecule has 1 aliphatic heterocycles. The van der Waals surface area contributed by atoms with Gasteiger partial charge in [-0.1, -0.05) is 48.0 Å². The maximum absolute atomic E-state index is 2.61. The summed E-state index contributed by atoms with van der Waals surface area (Å²) in [7, 11) is 0. The lowest BCUT2D eigenvalue weighted by Crippen LogP contribution is -2.33. The first-order valence-corrected chi connectivity index (χ1v) is 7.05. The fourth-order valence-corrected chi connectivity index (χ4v) is 1.67. The van der Waals surface area contributed by atoms with Crippen molar-refractivity contribution in [3.05, 3.63) is 0 Å². The van der Waals surface area contributed by atoms with E-state index in [0.29, 0.717) is 0 Å². The van der Waals surface area contributed by atoms with Crippen LogP contribution in [0.1, 0.15) is 67.2 Å². The molecule has 1 fully saturated rings. The van der Waals surface area contributed by atoms with Crippen LogP contribution in [0.2, 0.25) is 0 Å². The Morgan fingerprint density at radius 2 is 1.47 bits per heavy atom. The third-order valence-electron chi connectivity index (χ3n) is 2.70. The zero-order chi connectivity index (χ0) is 12.1. The van der Waals surface area contributed by atoms with E-state index in [1.807, 2.05) is 27.7 Å². The van der Waals surface area contributed by atoms with Gasteiger partial charge in [-0.3, -0.25) is 0 Å². The Hall–Kier alpha value is -0.0400. The van der Waals surface area contributed by atoms with Gasteiger partial charge in [-0.25, -0.2) is 0 Å². The van der Waals surface area contributed by atoms with Crippen molar-refractivity contribution < 1.29 is 0 Å². The Morgan fingerprint density at radius 3 is 1.87 bits per heavy atom. The van der Waals surface area contributed by atoms with Crippen LogP contribution in [0.15, 0.2) is 0 Å². The number of hydrogen-bond donors (Lipinski definition) is 0. The molecular weight excluding hydrogens is 182 g/mol. The molecule has 0 spiro atoms. The molecule has 0 aromatic heterocycles. The van der Waals surface area contributed by atoms with Crippen LogP contribution in [-0.4, -0.2) is 24.5 Å². The van der Waals surface area contributed by atoms with E-state index in [1.165, 1.54) is 45.3 Å². The summed E-state index contributed by atoms with van der Waals surface area (Å²) in [5.41, 5.74) is 0. The van der Waals surface area contributed by atoms with Crippen LogP contribution in [-0.2, 0) is 0 Å². The van der Waals surface area contributed by atoms with Gasteiger partial charge in [0.05, 0.1) is 0 Å². The van der Waals surface area contributed by atoms with Crippen molar-refractivity contribution in [1.82, 2.24) is 4.90 Å². The van der Waals surface area contributed by atoms with Crippen LogP contribution < -0.4 is 0 Å². The van der Waals surface area contributed by atoms with E-state index in [9.17, 15) is 0 Å². The summed E-state index contributed by atoms with van der Waals surface area (Å²) in [6.45, 7) is 16.7. The van der Waals surface area contributed by atoms with Gasteiger partial charge in [0.2, 0.25) is 0 Å². The van der Waals surface area contributed by atoms with Crippen molar-refractivity contribution in [2.45, 2.75) is 67.2 Å². The topological polar surface area (TPSA) is 3.24 Å². The molecule has 15 heavy (non-hydrogen) atoms. The summed E-state index contributed by atoms with van der Waals surface area (Å²) >= 11 is 0. The predicted molar refractivity (Wildman–Crippen MR) is 72.4 cm³/mol. The second kappa shape index (κ2) is 14.0. The molecule has 0 N–H and O–H groups in total. The molecular formula is C14H33N. The highest BCUT2D eigenvalue weighted by molar-refractivity contribution is 4.68. The van der Waals surface area contributed by atoms with Gasteiger partial charge in [0.25, 0.3) is 0 Å². The van der Waals surface area contributed by atoms with Gasteiger partial charge < -0.3 is 4.90 Å². The van der Waals surface area contributed by atoms with E-state index in [4.69, 9.17) is 0 Å². The van der Waals surface area contributed by atoms with Gasteiger partial charge >= 0.3 is 0 Å². The summed E-state index contributed by atoms with van der Waals surface area (Å²) in [6, 6.07) is 0. The molecule has 1 heterocycles. The average Bonchev–Trinajstić information content (AvgIpc) is 2.34. The average molecular weight is 215 g/mol. The van der Waals surface area contributed by atoms with E-state index in [0.717, 1.165) is 5.92 Å². The third-order valence-corrected chi connectivity index (χ3v) is 2.70. The Bertz CT molecular complexity index is 90.8. The maximum Gasteiger partial charge on any atom is -0.00162 e. The first-order chi connectivity index (χ1) is 7.33. The second-order valence-electron chi connectivity index (χ2n) is 3.88. The highest BCUT2D eigenvalue weighted by atomic mass is 15.1. The predicted octanol–water partition coefficient (Wildman–Crippen LogP) is 4.57. The van der Waals surface area contributed by atoms with Crippen LogP contribution in [0.5, 0.6) is 0 Å². The van der Waals surface area contributed by atoms with Crippen molar-refractivity contribution in [3.63, 3.8) is 0 Å². The Morgan fingerprint density at radius 1 is 1.00 bits per heavy atom. The number of nitrogens with zero attached hydrogens (tertiary/aromatic N) is 1. The minimum Gasteiger partial charge on any atom is -0.303 e. The quantitative estimate of drug-likeness (QED) is 0.666. The van der Waals surface area contributed by atoms with E-state index in [2.05, 4.69) is 18.7 Å². The van der Waals surface area contributed by atoms with E-state index >= 15 is 0 Å². The first-order valence-electron chi connectivity index (χ1n) is 7.05. The van der Waals surface area contributed by atoms with Crippen molar-refractivity contribution >= 4 is 0 Å². The largest absolute Gasteiger partial charge is 0.303 e. The Labute approximate surface area is 98.2 Å². The molecule has 0 amide bonds. The number of likely N-dealkylation sites (tertiary alicyclic amines) is 1. The molecule has 1 nitrogen and oxygen atoms in total. The molecule has 1 heteroatoms. The van der Waals surface area contributed by atoms with Gasteiger partial charge in [0.15, 0.2) is 0 Å². The van der Waals surface area contributed by atoms with Crippen molar-refractivity contribution in [2.75, 3.05) is 19.6 Å². The number of piperidine rings is 1. The Kier molecular flexibility index (Phi) is 16.2. The van der Waals surface area contributed by atoms with E-state index in [-0.39, 0.29) is 0 Å². The van der Waals surface area contributed by atoms with Gasteiger partial charge in [-0.15, -0.1) is 0 Å². The van der Waals surface area contributed by atoms with Gasteiger partial charge in [0, 0.05) is 0 Å². The SMILES string of the molecule is CC.CC.CCCCN1CCC(C)CC1. The molecule has 1 aliphatic rings. The molecule has 1 saturated heterocycles. The fourth-order valence-electron chi connectivity index (χ4n) is 1.67. The summed E-state index contributed by atoms with van der Waals surface area (Å²) < 4.78 is 0. The van der Waals surface area contributed by atoms with Crippen LogP contribution in [0.25, 0.3) is 0 Å². The van der Waals surface area contributed by atoms with Crippen LogP contribution in [0.4, 0.5) is 0 Å². The number of hydrogen-bond acceptors (Lipinski definition) is 1. The third kappa shape index (κ3) is 10.2. The number of unbranched alkanes of at least 4 members (excludes halogenated alkanes) is 1. The lowest BCUT2D eigenvalue weighted by Gasteiger charge is -2.29. The zero-order valence-corrected chi connectivity index (χ0v) is 12.0. The van der Waals surface area contributed by atoms with Crippen molar-refractivity contribution in [1.29, 1.82) is 0 Å². The summed E-state index contributed by atoms with van der Waals surface area (Å²) in [4.78, 5) is 2.61. The minimum atomic E-state index is 0.980. The summed E-state index contributed by atoms with van der Waals surface area (Å²) in [5.74, 6) is 0.980. The maximum atomic E-state index is 2.61. The van der Waals surface area contributed by atoms with Crippen molar-refractivity contribution in [2.24, 2.45) is 5.92 Å². The smallest absolute Gasteiger partial charge is 0.00162 e. The summed E-state index contributed by atoms with van der Waals surface area (Å²) in [5, 5.41) is 0. The number of rotatable bonds is 3. The standard InChI is InChI=1S/C10H21N.2C2H6/c1-3-4-7-11-8-5-10(2)6-9-11;2*1-2/h10H,3-9H2,1-2H3;2*1-2H3. The lowest BCUT2D eigenvalue weighted by molar-refractivity contribution is 0.190. The molecule has 0 aliphatic carbocycles. The molecule has 0 aromatic carbocycles. The minimum absolute atomic E-state index is 0.980. The molecule has 0 aromatic rings. The van der Waals surface area contributed by atoms with Gasteiger partial charge in [0.1, 0.15) is 0 Å². The molecule has 0 bridgehead atoms. The molecule has 0 radical (unpaired) electrons. The monoisotopic (exact) mass is 215 g/mol. The summed E-state index contributed by atoms with van der Waals surface area (Å²) in [6.07, 6.45) is 5.56. The molecule has 94 valence electrons. The van der Waals surface area contributed by atoms with E-state index in [1.54, 1.807) is 0 Å². The zero-order valence-electron chi connectivity index (χ0n) is 12.0. The van der Waals surface area contributed by atoms with Crippen LogP contribution >= 0.6 is 0 Å².